The van der Waals surface area contributed by atoms with Crippen LogP contribution < -0.4 is 10.6 Å². The van der Waals surface area contributed by atoms with Crippen LogP contribution in [0.25, 0.3) is 11.3 Å². The van der Waals surface area contributed by atoms with E-state index in [2.05, 4.69) is 33.8 Å². The third-order valence-corrected chi connectivity index (χ3v) is 9.63. The van der Waals surface area contributed by atoms with E-state index in [-0.39, 0.29) is 29.9 Å². The van der Waals surface area contributed by atoms with Crippen molar-refractivity contribution in [1.82, 2.24) is 20.0 Å². The number of piperazine rings is 1. The molecule has 3 unspecified atom stereocenters. The number of hydrogen-bond acceptors (Lipinski definition) is 8. The number of anilines is 2. The highest BCUT2D eigenvalue weighted by Crippen LogP contribution is 2.37. The van der Waals surface area contributed by atoms with Gasteiger partial charge in [0.2, 0.25) is 0 Å². The summed E-state index contributed by atoms with van der Waals surface area (Å²) in [6.07, 6.45) is 6.56. The van der Waals surface area contributed by atoms with Crippen LogP contribution in [0.15, 0.2) is 54.6 Å². The number of amides is 1. The number of carbonyl (C=O) groups is 1. The summed E-state index contributed by atoms with van der Waals surface area (Å²) in [4.78, 5) is 20.1. The van der Waals surface area contributed by atoms with Crippen LogP contribution in [0.1, 0.15) is 68.0 Å². The SMILES string of the molecule is CC1OC(c2ccc(C(=O)N3CCN(CC4CCCCC4)CC3)cc2)CN(c2cc(-c3ccccc3O)nnc2N)C1C. The molecule has 43 heavy (non-hydrogen) atoms. The predicted molar refractivity (Wildman–Crippen MR) is 169 cm³/mol. The zero-order chi connectivity index (χ0) is 29.9. The third kappa shape index (κ3) is 6.48. The van der Waals surface area contributed by atoms with Crippen molar-refractivity contribution in [2.75, 3.05) is 49.9 Å². The van der Waals surface area contributed by atoms with Gasteiger partial charge in [-0.15, -0.1) is 10.2 Å². The lowest BCUT2D eigenvalue weighted by atomic mass is 9.89. The number of aromatic nitrogens is 2. The highest BCUT2D eigenvalue weighted by atomic mass is 16.5. The summed E-state index contributed by atoms with van der Waals surface area (Å²) in [6.45, 7) is 9.41. The average molecular weight is 585 g/mol. The van der Waals surface area contributed by atoms with Crippen LogP contribution in [0, 0.1) is 5.92 Å². The van der Waals surface area contributed by atoms with E-state index in [1.807, 2.05) is 47.4 Å². The lowest BCUT2D eigenvalue weighted by Crippen LogP contribution is -2.50. The molecule has 1 amide bonds. The van der Waals surface area contributed by atoms with Crippen LogP contribution in [-0.2, 0) is 4.74 Å². The number of phenolic OH excluding ortho intramolecular Hbond substituents is 1. The molecule has 2 saturated heterocycles. The average Bonchev–Trinajstić information content (AvgIpc) is 3.04. The number of hydrogen-bond donors (Lipinski definition) is 2. The van der Waals surface area contributed by atoms with E-state index in [1.165, 1.54) is 38.6 Å². The molecule has 1 saturated carbocycles. The van der Waals surface area contributed by atoms with Crippen molar-refractivity contribution in [3.8, 4) is 17.0 Å². The first-order valence-corrected chi connectivity index (χ1v) is 15.8. The smallest absolute Gasteiger partial charge is 0.253 e. The second kappa shape index (κ2) is 12.9. The van der Waals surface area contributed by atoms with Gasteiger partial charge < -0.3 is 25.4 Å². The second-order valence-electron chi connectivity index (χ2n) is 12.5. The minimum absolute atomic E-state index is 0.0394. The molecule has 1 aromatic heterocycles. The molecule has 228 valence electrons. The van der Waals surface area contributed by atoms with Gasteiger partial charge in [0.1, 0.15) is 11.9 Å². The molecule has 0 radical (unpaired) electrons. The number of nitrogens with two attached hydrogens (primary N) is 1. The number of carbonyl (C=O) groups excluding carboxylic acids is 1. The van der Waals surface area contributed by atoms with Gasteiger partial charge in [0, 0.05) is 50.4 Å². The Morgan fingerprint density at radius 3 is 2.42 bits per heavy atom. The van der Waals surface area contributed by atoms with Crippen molar-refractivity contribution >= 4 is 17.4 Å². The largest absolute Gasteiger partial charge is 0.507 e. The van der Waals surface area contributed by atoms with Gasteiger partial charge in [-0.2, -0.15) is 0 Å². The van der Waals surface area contributed by atoms with Gasteiger partial charge in [-0.1, -0.05) is 43.5 Å². The highest BCUT2D eigenvalue weighted by molar-refractivity contribution is 5.94. The van der Waals surface area contributed by atoms with E-state index >= 15 is 0 Å². The predicted octanol–water partition coefficient (Wildman–Crippen LogP) is 5.12. The monoisotopic (exact) mass is 584 g/mol. The molecular weight excluding hydrogens is 540 g/mol. The summed E-state index contributed by atoms with van der Waals surface area (Å²) in [5, 5.41) is 18.9. The molecule has 9 nitrogen and oxygen atoms in total. The third-order valence-electron chi connectivity index (χ3n) is 9.63. The Balaban J connectivity index is 1.12. The van der Waals surface area contributed by atoms with Crippen LogP contribution in [0.2, 0.25) is 0 Å². The summed E-state index contributed by atoms with van der Waals surface area (Å²) in [6, 6.07) is 16.9. The number of rotatable bonds is 6. The Morgan fingerprint density at radius 1 is 0.977 bits per heavy atom. The van der Waals surface area contributed by atoms with E-state index in [4.69, 9.17) is 10.5 Å². The standard InChI is InChI=1S/C34H44N6O3/c1-23-24(2)43-32(22-40(23)30-20-29(36-37-33(30)35)28-10-6-7-11-31(28)41)26-12-14-27(15-13-26)34(42)39-18-16-38(17-19-39)21-25-8-4-3-5-9-25/h6-7,10-15,20,23-25,32,41H,3-5,8-9,16-19,21-22H2,1-2H3,(H2,35,37). The normalized spacial score (nSPS) is 23.8. The zero-order valence-corrected chi connectivity index (χ0v) is 25.4. The van der Waals surface area contributed by atoms with E-state index in [9.17, 15) is 9.90 Å². The Hall–Kier alpha value is -3.69. The lowest BCUT2D eigenvalue weighted by molar-refractivity contribution is -0.0372. The summed E-state index contributed by atoms with van der Waals surface area (Å²) < 4.78 is 6.44. The van der Waals surface area contributed by atoms with Crippen LogP contribution in [0.5, 0.6) is 5.75 Å². The molecule has 3 aromatic rings. The fraction of sp³-hybridized carbons (Fsp3) is 0.500. The van der Waals surface area contributed by atoms with Crippen LogP contribution in [-0.4, -0.2) is 82.4 Å². The van der Waals surface area contributed by atoms with Crippen LogP contribution in [0.3, 0.4) is 0 Å². The van der Waals surface area contributed by atoms with Crippen molar-refractivity contribution < 1.29 is 14.6 Å². The minimum atomic E-state index is -0.208. The molecule has 3 fully saturated rings. The van der Waals surface area contributed by atoms with Crippen LogP contribution in [0.4, 0.5) is 11.5 Å². The summed E-state index contributed by atoms with van der Waals surface area (Å²) in [7, 11) is 0. The number of nitrogen functional groups attached to an aromatic ring is 1. The van der Waals surface area contributed by atoms with Crippen molar-refractivity contribution in [3.63, 3.8) is 0 Å². The molecule has 3 atom stereocenters. The first-order chi connectivity index (χ1) is 20.9. The topological polar surface area (TPSA) is 108 Å². The zero-order valence-electron chi connectivity index (χ0n) is 25.4. The number of aromatic hydroxyl groups is 1. The molecule has 1 aliphatic carbocycles. The maximum atomic E-state index is 13.3. The van der Waals surface area contributed by atoms with E-state index in [1.54, 1.807) is 12.1 Å². The molecule has 0 bridgehead atoms. The molecule has 2 aliphatic heterocycles. The van der Waals surface area contributed by atoms with Crippen LogP contribution >= 0.6 is 0 Å². The van der Waals surface area contributed by atoms with Crippen molar-refractivity contribution in [2.24, 2.45) is 5.92 Å². The quantitative estimate of drug-likeness (QED) is 0.411. The Morgan fingerprint density at radius 2 is 1.70 bits per heavy atom. The molecule has 6 rings (SSSR count). The molecular formula is C34H44N6O3. The molecule has 3 aliphatic rings. The molecule has 9 heteroatoms. The maximum absolute atomic E-state index is 13.3. The highest BCUT2D eigenvalue weighted by Gasteiger charge is 2.34. The van der Waals surface area contributed by atoms with E-state index in [0.29, 0.717) is 29.2 Å². The van der Waals surface area contributed by atoms with Gasteiger partial charge in [-0.3, -0.25) is 9.69 Å². The van der Waals surface area contributed by atoms with Crippen molar-refractivity contribution in [3.05, 3.63) is 65.7 Å². The van der Waals surface area contributed by atoms with Gasteiger partial charge in [0.05, 0.1) is 23.5 Å². The Labute approximate surface area is 254 Å². The van der Waals surface area contributed by atoms with E-state index < -0.39 is 0 Å². The number of para-hydroxylation sites is 1. The van der Waals surface area contributed by atoms with Crippen molar-refractivity contribution in [2.45, 2.75) is 64.2 Å². The first kappa shape index (κ1) is 29.4. The molecule has 2 aromatic carbocycles. The van der Waals surface area contributed by atoms with E-state index in [0.717, 1.165) is 43.3 Å². The Bertz CT molecular complexity index is 1400. The molecule has 3 N–H and O–H groups in total. The minimum Gasteiger partial charge on any atom is -0.507 e. The van der Waals surface area contributed by atoms with Gasteiger partial charge in [-0.05, 0) is 68.5 Å². The lowest BCUT2D eigenvalue weighted by Gasteiger charge is -2.43. The summed E-state index contributed by atoms with van der Waals surface area (Å²) in [5.41, 5.74) is 10.00. The number of phenols is 1. The molecule has 0 spiro atoms. The Kier molecular flexibility index (Phi) is 8.81. The first-order valence-electron chi connectivity index (χ1n) is 15.8. The van der Waals surface area contributed by atoms with Gasteiger partial charge in [0.15, 0.2) is 5.82 Å². The molecule has 3 heterocycles. The fourth-order valence-corrected chi connectivity index (χ4v) is 6.85. The summed E-state index contributed by atoms with van der Waals surface area (Å²) in [5.74, 6) is 1.41. The summed E-state index contributed by atoms with van der Waals surface area (Å²) >= 11 is 0. The van der Waals surface area contributed by atoms with Gasteiger partial charge in [0.25, 0.3) is 5.91 Å². The number of ether oxygens (including phenoxy) is 1. The number of morpholine rings is 1. The number of benzene rings is 2. The second-order valence-corrected chi connectivity index (χ2v) is 12.5. The maximum Gasteiger partial charge on any atom is 0.253 e. The van der Waals surface area contributed by atoms with Gasteiger partial charge >= 0.3 is 0 Å². The van der Waals surface area contributed by atoms with Gasteiger partial charge in [-0.25, -0.2) is 0 Å². The van der Waals surface area contributed by atoms with Crippen molar-refractivity contribution in [1.29, 1.82) is 0 Å². The fourth-order valence-electron chi connectivity index (χ4n) is 6.85. The number of nitrogens with zero attached hydrogens (tertiary/aromatic N) is 5.